The second-order valence-corrected chi connectivity index (χ2v) is 11.3. The van der Waals surface area contributed by atoms with Crippen LogP contribution in [-0.2, 0) is 43.5 Å². The average Bonchev–Trinajstić information content (AvgIpc) is 3.18. The minimum Gasteiger partial charge on any atom is -0.489 e. The van der Waals surface area contributed by atoms with E-state index in [1.807, 2.05) is 72.8 Å². The molecule has 0 aliphatic carbocycles. The van der Waals surface area contributed by atoms with Gasteiger partial charge in [0.2, 0.25) is 0 Å². The lowest BCUT2D eigenvalue weighted by molar-refractivity contribution is -0.0397. The molecule has 2 N–H and O–H groups in total. The molecular formula is C41H53NO9. The maximum Gasteiger partial charge on any atom is 0.143 e. The predicted molar refractivity (Wildman–Crippen MR) is 197 cm³/mol. The highest BCUT2D eigenvalue weighted by Gasteiger charge is 2.37. The molecule has 0 atom stereocenters. The number of ether oxygens (including phenoxy) is 9. The highest BCUT2D eigenvalue weighted by atomic mass is 16.6. The van der Waals surface area contributed by atoms with Crippen molar-refractivity contribution in [3.8, 4) is 5.75 Å². The molecule has 0 fully saturated rings. The summed E-state index contributed by atoms with van der Waals surface area (Å²) in [4.78, 5) is 0. The van der Waals surface area contributed by atoms with Gasteiger partial charge in [-0.3, -0.25) is 0 Å². The van der Waals surface area contributed by atoms with Crippen molar-refractivity contribution in [2.75, 3.05) is 111 Å². The van der Waals surface area contributed by atoms with Crippen LogP contribution < -0.4 is 10.5 Å². The molecule has 4 aromatic carbocycles. The molecule has 4 rings (SSSR count). The first-order valence-corrected chi connectivity index (χ1v) is 17.6. The van der Waals surface area contributed by atoms with E-state index in [1.54, 1.807) is 6.07 Å². The Bertz CT molecular complexity index is 1320. The molecule has 0 aromatic heterocycles. The number of rotatable bonds is 29. The molecule has 0 amide bonds. The van der Waals surface area contributed by atoms with E-state index in [9.17, 15) is 0 Å². The monoisotopic (exact) mass is 703 g/mol. The molecule has 0 spiro atoms. The molecule has 0 unspecified atom stereocenters. The number of hydrogen-bond acceptors (Lipinski definition) is 10. The molecule has 4 aromatic rings. The van der Waals surface area contributed by atoms with Crippen LogP contribution in [0.25, 0.3) is 0 Å². The van der Waals surface area contributed by atoms with Crippen LogP contribution in [0.1, 0.15) is 16.7 Å². The summed E-state index contributed by atoms with van der Waals surface area (Å²) in [6.07, 6.45) is 0. The Morgan fingerprint density at radius 1 is 0.333 bits per heavy atom. The molecule has 10 heteroatoms. The van der Waals surface area contributed by atoms with Crippen LogP contribution in [-0.4, -0.2) is 106 Å². The minimum absolute atomic E-state index is 0.416. The van der Waals surface area contributed by atoms with Crippen LogP contribution >= 0.6 is 0 Å². The maximum atomic E-state index is 6.73. The molecule has 276 valence electrons. The van der Waals surface area contributed by atoms with Crippen LogP contribution in [0.15, 0.2) is 115 Å². The topological polar surface area (TPSA) is 109 Å². The van der Waals surface area contributed by atoms with Gasteiger partial charge in [-0.05, 0) is 28.8 Å². The van der Waals surface area contributed by atoms with Crippen LogP contribution in [0.5, 0.6) is 5.75 Å². The zero-order chi connectivity index (χ0) is 35.5. The number of nitrogens with two attached hydrogens (primary N) is 1. The molecule has 0 saturated carbocycles. The van der Waals surface area contributed by atoms with Gasteiger partial charge in [0, 0.05) is 0 Å². The number of benzene rings is 4. The smallest absolute Gasteiger partial charge is 0.143 e. The van der Waals surface area contributed by atoms with Gasteiger partial charge in [0.05, 0.1) is 105 Å². The van der Waals surface area contributed by atoms with Crippen molar-refractivity contribution < 1.29 is 42.6 Å². The van der Waals surface area contributed by atoms with Crippen molar-refractivity contribution in [3.63, 3.8) is 0 Å². The largest absolute Gasteiger partial charge is 0.489 e. The van der Waals surface area contributed by atoms with Gasteiger partial charge < -0.3 is 48.4 Å². The molecule has 0 aliphatic heterocycles. The van der Waals surface area contributed by atoms with E-state index in [1.165, 1.54) is 0 Å². The first-order valence-electron chi connectivity index (χ1n) is 17.6. The van der Waals surface area contributed by atoms with Gasteiger partial charge >= 0.3 is 0 Å². The Morgan fingerprint density at radius 2 is 0.627 bits per heavy atom. The third kappa shape index (κ3) is 14.7. The van der Waals surface area contributed by atoms with Gasteiger partial charge in [-0.15, -0.1) is 0 Å². The fourth-order valence-electron chi connectivity index (χ4n) is 5.27. The van der Waals surface area contributed by atoms with Gasteiger partial charge in [0.25, 0.3) is 0 Å². The van der Waals surface area contributed by atoms with Crippen molar-refractivity contribution >= 4 is 5.69 Å². The average molecular weight is 704 g/mol. The quantitative estimate of drug-likeness (QED) is 0.0425. The van der Waals surface area contributed by atoms with Gasteiger partial charge in [-0.25, -0.2) is 0 Å². The standard InChI is InChI=1S/C41H53NO9/c42-39-18-10-11-19-40(39)50-34-32-48-30-28-46-26-24-44-22-20-43-21-23-45-25-27-47-29-31-49-33-35-51-41(36-12-4-1-5-13-36,37-14-6-2-7-15-37)38-16-8-3-9-17-38/h1-19H,20-35,42H2. The fourth-order valence-corrected chi connectivity index (χ4v) is 5.27. The lowest BCUT2D eigenvalue weighted by Crippen LogP contribution is -2.34. The molecule has 51 heavy (non-hydrogen) atoms. The minimum atomic E-state index is -0.750. The predicted octanol–water partition coefficient (Wildman–Crippen LogP) is 5.77. The first kappa shape index (κ1) is 39.9. The number of nitrogen functional groups attached to an aromatic ring is 1. The Kier molecular flexibility index (Phi) is 19.7. The summed E-state index contributed by atoms with van der Waals surface area (Å²) in [5, 5.41) is 0. The fraction of sp³-hybridized carbons (Fsp3) is 0.415. The summed E-state index contributed by atoms with van der Waals surface area (Å²) in [6, 6.07) is 38.4. The zero-order valence-corrected chi connectivity index (χ0v) is 29.5. The number of hydrogen-bond donors (Lipinski definition) is 1. The van der Waals surface area contributed by atoms with Crippen molar-refractivity contribution in [1.29, 1.82) is 0 Å². The van der Waals surface area contributed by atoms with E-state index < -0.39 is 5.60 Å². The SMILES string of the molecule is Nc1ccccc1OCCOCCOCCOCCOCCOCCOCCOCCOC(c1ccccc1)(c1ccccc1)c1ccccc1. The normalized spacial score (nSPS) is 11.5. The summed E-state index contributed by atoms with van der Waals surface area (Å²) in [7, 11) is 0. The number of anilines is 1. The van der Waals surface area contributed by atoms with E-state index in [2.05, 4.69) is 36.4 Å². The Morgan fingerprint density at radius 3 is 0.980 bits per heavy atom. The summed E-state index contributed by atoms with van der Waals surface area (Å²) < 4.78 is 51.4. The third-order valence-electron chi connectivity index (χ3n) is 7.72. The maximum absolute atomic E-state index is 6.73. The van der Waals surface area contributed by atoms with Crippen LogP contribution in [0.2, 0.25) is 0 Å². The first-order chi connectivity index (χ1) is 25.3. The van der Waals surface area contributed by atoms with E-state index in [-0.39, 0.29) is 0 Å². The van der Waals surface area contributed by atoms with E-state index >= 15 is 0 Å². The van der Waals surface area contributed by atoms with Crippen molar-refractivity contribution in [3.05, 3.63) is 132 Å². The van der Waals surface area contributed by atoms with Crippen LogP contribution in [0.3, 0.4) is 0 Å². The Labute approximate surface area is 302 Å². The third-order valence-corrected chi connectivity index (χ3v) is 7.72. The molecule has 10 nitrogen and oxygen atoms in total. The van der Waals surface area contributed by atoms with Gasteiger partial charge in [-0.1, -0.05) is 103 Å². The Hall–Kier alpha value is -3.84. The van der Waals surface area contributed by atoms with Gasteiger partial charge in [-0.2, -0.15) is 0 Å². The second-order valence-electron chi connectivity index (χ2n) is 11.3. The highest BCUT2D eigenvalue weighted by Crippen LogP contribution is 2.40. The summed E-state index contributed by atoms with van der Waals surface area (Å²) in [6.45, 7) is 7.68. The molecule has 0 saturated heterocycles. The zero-order valence-electron chi connectivity index (χ0n) is 29.5. The van der Waals surface area contributed by atoms with Crippen LogP contribution in [0, 0.1) is 0 Å². The van der Waals surface area contributed by atoms with Crippen molar-refractivity contribution in [1.82, 2.24) is 0 Å². The number of para-hydroxylation sites is 2. The van der Waals surface area contributed by atoms with E-state index in [4.69, 9.17) is 48.4 Å². The highest BCUT2D eigenvalue weighted by molar-refractivity contribution is 5.51. The van der Waals surface area contributed by atoms with E-state index in [0.717, 1.165) is 16.7 Å². The molecule has 0 heterocycles. The second kappa shape index (κ2) is 25.2. The van der Waals surface area contributed by atoms with Gasteiger partial charge in [0.1, 0.15) is 18.0 Å². The van der Waals surface area contributed by atoms with Crippen LogP contribution in [0.4, 0.5) is 5.69 Å². The molecule has 0 aliphatic rings. The summed E-state index contributed by atoms with van der Waals surface area (Å²) in [5.41, 5.74) is 8.91. The van der Waals surface area contributed by atoms with E-state index in [0.29, 0.717) is 117 Å². The van der Waals surface area contributed by atoms with Crippen molar-refractivity contribution in [2.24, 2.45) is 0 Å². The summed E-state index contributed by atoms with van der Waals surface area (Å²) >= 11 is 0. The lowest BCUT2D eigenvalue weighted by Gasteiger charge is -2.36. The molecule has 0 radical (unpaired) electrons. The Balaban J connectivity index is 0.932. The van der Waals surface area contributed by atoms with Gasteiger partial charge in [0.15, 0.2) is 0 Å². The molecule has 0 bridgehead atoms. The van der Waals surface area contributed by atoms with Crippen molar-refractivity contribution in [2.45, 2.75) is 5.60 Å². The molecular weight excluding hydrogens is 650 g/mol. The lowest BCUT2D eigenvalue weighted by atomic mass is 9.80. The summed E-state index contributed by atoms with van der Waals surface area (Å²) in [5.74, 6) is 0.669.